The maximum atomic E-state index is 12.6. The van der Waals surface area contributed by atoms with Gasteiger partial charge >= 0.3 is 15.6 Å². The van der Waals surface area contributed by atoms with Crippen LogP contribution in [0.2, 0.25) is 0 Å². The molecule has 1 heterocycles. The summed E-state index contributed by atoms with van der Waals surface area (Å²) >= 11 is 0.541. The summed E-state index contributed by atoms with van der Waals surface area (Å²) in [5, 5.41) is -0.00559. The monoisotopic (exact) mass is 475 g/mol. The molecule has 28 heavy (non-hydrogen) atoms. The van der Waals surface area contributed by atoms with E-state index in [9.17, 15) is 38.4 Å². The summed E-state index contributed by atoms with van der Waals surface area (Å²) in [6.07, 6.45) is 0.642. The number of halogens is 3. The summed E-state index contributed by atoms with van der Waals surface area (Å²) in [5.41, 5.74) is -5.81. The van der Waals surface area contributed by atoms with Crippen molar-refractivity contribution < 1.29 is 42.6 Å². The van der Waals surface area contributed by atoms with Crippen molar-refractivity contribution in [2.45, 2.75) is 19.5 Å². The fraction of sp³-hybridized carbons (Fsp3) is 0.154. The maximum Gasteiger partial charge on any atom is 0.534 e. The molecule has 152 valence electrons. The minimum Gasteiger partial charge on any atom is -0.376 e. The smallest absolute Gasteiger partial charge is 0.376 e. The zero-order chi connectivity index (χ0) is 21.5. The van der Waals surface area contributed by atoms with Crippen molar-refractivity contribution in [2.75, 3.05) is 6.26 Å². The predicted octanol–water partition coefficient (Wildman–Crippen LogP) is 2.76. The summed E-state index contributed by atoms with van der Waals surface area (Å²) in [7, 11) is -14.8. The van der Waals surface area contributed by atoms with Crippen molar-refractivity contribution >= 4 is 46.1 Å². The molecule has 0 N–H and O–H groups in total. The molecule has 0 spiro atoms. The van der Waals surface area contributed by atoms with Crippen LogP contribution in [0.15, 0.2) is 44.3 Å². The predicted molar refractivity (Wildman–Crippen MR) is 91.2 cm³/mol. The highest BCUT2D eigenvalue weighted by atomic mass is 32.2. The van der Waals surface area contributed by atoms with Crippen molar-refractivity contribution in [1.82, 2.24) is 0 Å². The van der Waals surface area contributed by atoms with Crippen LogP contribution in [0, 0.1) is 6.57 Å². The van der Waals surface area contributed by atoms with Gasteiger partial charge in [-0.25, -0.2) is 21.7 Å². The minimum atomic E-state index is -6.17. The Hall–Kier alpha value is -2.15. The molecule has 0 aliphatic rings. The van der Waals surface area contributed by atoms with Gasteiger partial charge in [-0.15, -0.1) is 11.3 Å². The number of thiophene rings is 1. The number of benzene rings is 1. The Balaban J connectivity index is 2.70. The SMILES string of the molecule is [C-]#[N+]c1ccc(S(=O)(=O)c2cc(OS(=O)(=O)C(F)(F)F)cc(S(C)(=O)=O)c2)s1. The van der Waals surface area contributed by atoms with Crippen LogP contribution >= 0.6 is 11.3 Å². The third-order valence-corrected chi connectivity index (χ3v) is 8.30. The second-order valence-corrected chi connectivity index (χ2v) is 11.9. The Kier molecular flexibility index (Phi) is 5.56. The number of hydrogen-bond acceptors (Lipinski definition) is 8. The molecule has 15 heteroatoms. The van der Waals surface area contributed by atoms with Gasteiger partial charge in [-0.3, -0.25) is 0 Å². The molecule has 0 radical (unpaired) electrons. The Labute approximate surface area is 162 Å². The molecule has 2 rings (SSSR count). The van der Waals surface area contributed by atoms with Crippen LogP contribution in [0.4, 0.5) is 18.2 Å². The molecule has 2 aromatic rings. The lowest BCUT2D eigenvalue weighted by Crippen LogP contribution is -2.28. The second-order valence-electron chi connectivity index (χ2n) is 5.10. The average molecular weight is 475 g/mol. The third kappa shape index (κ3) is 4.46. The van der Waals surface area contributed by atoms with Crippen LogP contribution < -0.4 is 4.18 Å². The lowest BCUT2D eigenvalue weighted by Gasteiger charge is -2.12. The van der Waals surface area contributed by atoms with Gasteiger partial charge in [0.25, 0.3) is 0 Å². The topological polar surface area (TPSA) is 116 Å². The quantitative estimate of drug-likeness (QED) is 0.371. The molecular formula is C13H8F3NO7S4. The molecule has 1 aromatic heterocycles. The zero-order valence-electron chi connectivity index (χ0n) is 13.5. The molecule has 0 amide bonds. The Morgan fingerprint density at radius 3 is 2.04 bits per heavy atom. The van der Waals surface area contributed by atoms with Crippen molar-refractivity contribution in [1.29, 1.82) is 0 Å². The van der Waals surface area contributed by atoms with Crippen molar-refractivity contribution in [2.24, 2.45) is 0 Å². The standard InChI is InChI=1S/C13H8F3NO7S4/c1-17-11-3-4-12(25-11)27(20,21)10-6-8(5-9(7-10)26(2,18)19)24-28(22,23)13(14,15)16/h3-7H,2H3. The largest absolute Gasteiger partial charge is 0.534 e. The van der Waals surface area contributed by atoms with E-state index in [1.165, 1.54) is 6.07 Å². The van der Waals surface area contributed by atoms with Gasteiger partial charge < -0.3 is 4.18 Å². The zero-order valence-corrected chi connectivity index (χ0v) is 16.7. The summed E-state index contributed by atoms with van der Waals surface area (Å²) in [4.78, 5) is 1.43. The van der Waals surface area contributed by atoms with E-state index < -0.39 is 55.1 Å². The number of hydrogen-bond donors (Lipinski definition) is 0. The molecule has 0 atom stereocenters. The minimum absolute atomic E-state index is 0.00559. The molecule has 0 saturated carbocycles. The van der Waals surface area contributed by atoms with Gasteiger partial charge in [-0.1, -0.05) is 0 Å². The van der Waals surface area contributed by atoms with E-state index in [2.05, 4.69) is 9.03 Å². The van der Waals surface area contributed by atoms with Crippen LogP contribution in [0.25, 0.3) is 4.85 Å². The fourth-order valence-electron chi connectivity index (χ4n) is 1.77. The second kappa shape index (κ2) is 7.03. The van der Waals surface area contributed by atoms with Gasteiger partial charge in [0.2, 0.25) is 14.8 Å². The first-order valence-corrected chi connectivity index (χ1v) is 12.3. The molecule has 0 aliphatic carbocycles. The average Bonchev–Trinajstić information content (AvgIpc) is 3.02. The van der Waals surface area contributed by atoms with Crippen LogP contribution in [0.3, 0.4) is 0 Å². The van der Waals surface area contributed by atoms with Crippen molar-refractivity contribution in [3.8, 4) is 5.75 Å². The molecular weight excluding hydrogens is 467 g/mol. The van der Waals surface area contributed by atoms with Gasteiger partial charge in [0, 0.05) is 18.4 Å². The highest BCUT2D eigenvalue weighted by Gasteiger charge is 2.48. The maximum absolute atomic E-state index is 12.6. The Bertz CT molecular complexity index is 1280. The van der Waals surface area contributed by atoms with E-state index in [4.69, 9.17) is 6.57 Å². The Morgan fingerprint density at radius 2 is 1.57 bits per heavy atom. The van der Waals surface area contributed by atoms with Crippen molar-refractivity contribution in [3.63, 3.8) is 0 Å². The first kappa shape index (κ1) is 22.1. The van der Waals surface area contributed by atoms with Crippen LogP contribution in [0.5, 0.6) is 5.75 Å². The summed E-state index contributed by atoms with van der Waals surface area (Å²) < 4.78 is 112. The van der Waals surface area contributed by atoms with Gasteiger partial charge in [0.15, 0.2) is 9.84 Å². The normalized spacial score (nSPS) is 13.1. The molecule has 0 saturated heterocycles. The van der Waals surface area contributed by atoms with E-state index in [0.717, 1.165) is 6.07 Å². The summed E-state index contributed by atoms with van der Waals surface area (Å²) in [6.45, 7) is 6.84. The highest BCUT2D eigenvalue weighted by Crippen LogP contribution is 2.36. The van der Waals surface area contributed by atoms with Gasteiger partial charge in [-0.05, 0) is 18.2 Å². The lowest BCUT2D eigenvalue weighted by atomic mass is 10.3. The number of sulfone groups is 2. The number of rotatable bonds is 5. The molecule has 0 bridgehead atoms. The molecule has 0 aliphatic heterocycles. The molecule has 0 fully saturated rings. The highest BCUT2D eigenvalue weighted by molar-refractivity contribution is 7.93. The third-order valence-electron chi connectivity index (χ3n) is 3.02. The number of alkyl halides is 3. The first-order valence-electron chi connectivity index (χ1n) is 6.66. The molecule has 8 nitrogen and oxygen atoms in total. The van der Waals surface area contributed by atoms with Crippen molar-refractivity contribution in [3.05, 3.63) is 41.7 Å². The summed E-state index contributed by atoms with van der Waals surface area (Å²) in [6, 6.07) is 3.78. The van der Waals surface area contributed by atoms with E-state index in [0.29, 0.717) is 35.8 Å². The van der Waals surface area contributed by atoms with Crippen LogP contribution in [0.1, 0.15) is 0 Å². The lowest BCUT2D eigenvalue weighted by molar-refractivity contribution is -0.0500. The Morgan fingerprint density at radius 1 is 1.00 bits per heavy atom. The van der Waals surface area contributed by atoms with Crippen LogP contribution in [-0.4, -0.2) is 37.0 Å². The first-order chi connectivity index (χ1) is 12.6. The van der Waals surface area contributed by atoms with E-state index in [-0.39, 0.29) is 5.00 Å². The molecule has 0 unspecified atom stereocenters. The van der Waals surface area contributed by atoms with Gasteiger partial charge in [-0.2, -0.15) is 21.6 Å². The van der Waals surface area contributed by atoms with E-state index in [1.807, 2.05) is 0 Å². The number of nitrogens with zero attached hydrogens (tertiary/aromatic N) is 1. The van der Waals surface area contributed by atoms with E-state index >= 15 is 0 Å². The fourth-order valence-corrected chi connectivity index (χ4v) is 5.50. The van der Waals surface area contributed by atoms with E-state index in [1.54, 1.807) is 0 Å². The molecule has 1 aromatic carbocycles. The van der Waals surface area contributed by atoms with Crippen LogP contribution in [-0.2, 0) is 29.8 Å². The summed E-state index contributed by atoms with van der Waals surface area (Å²) in [5.74, 6) is -1.15. The van der Waals surface area contributed by atoms with Gasteiger partial charge in [0.1, 0.15) is 9.96 Å². The van der Waals surface area contributed by atoms with Gasteiger partial charge in [0.05, 0.1) is 16.4 Å².